The highest BCUT2D eigenvalue weighted by Crippen LogP contribution is 2.36. The number of anilines is 1. The fraction of sp³-hybridized carbons (Fsp3) is 0.462. The Kier molecular flexibility index (Phi) is 4.64. The normalized spacial score (nSPS) is 22.1. The second kappa shape index (κ2) is 6.12. The molecule has 1 aromatic carbocycles. The van der Waals surface area contributed by atoms with Crippen molar-refractivity contribution in [3.63, 3.8) is 0 Å². The van der Waals surface area contributed by atoms with Gasteiger partial charge in [-0.3, -0.25) is 14.9 Å². The fourth-order valence-corrected chi connectivity index (χ4v) is 3.11. The van der Waals surface area contributed by atoms with Gasteiger partial charge in [0.1, 0.15) is 11.5 Å². The second-order valence-electron chi connectivity index (χ2n) is 5.11. The summed E-state index contributed by atoms with van der Waals surface area (Å²) < 4.78 is 13.9. The molecule has 1 fully saturated rings. The summed E-state index contributed by atoms with van der Waals surface area (Å²) >= 11 is 1.71. The topological polar surface area (TPSA) is 83.7 Å². The van der Waals surface area contributed by atoms with E-state index in [9.17, 15) is 19.3 Å². The molecule has 6 nitrogen and oxygen atoms in total. The van der Waals surface area contributed by atoms with Crippen LogP contribution in [0.1, 0.15) is 19.8 Å². The van der Waals surface area contributed by atoms with E-state index < -0.39 is 22.6 Å². The predicted octanol–water partition coefficient (Wildman–Crippen LogP) is 3.03. The Hall–Kier alpha value is -1.45. The lowest BCUT2D eigenvalue weighted by molar-refractivity contribution is -0.384. The molecule has 0 radical (unpaired) electrons. The van der Waals surface area contributed by atoms with Crippen LogP contribution in [0, 0.1) is 25.4 Å². The highest BCUT2D eigenvalue weighted by molar-refractivity contribution is 14.1. The van der Waals surface area contributed by atoms with Crippen LogP contribution in [0.5, 0.6) is 0 Å². The van der Waals surface area contributed by atoms with Crippen molar-refractivity contribution in [3.05, 3.63) is 31.6 Å². The van der Waals surface area contributed by atoms with Crippen LogP contribution in [0.3, 0.4) is 0 Å². The molecule has 1 saturated heterocycles. The van der Waals surface area contributed by atoms with Crippen molar-refractivity contribution in [2.24, 2.45) is 5.92 Å². The summed E-state index contributed by atoms with van der Waals surface area (Å²) in [6, 6.07) is 2.18. The minimum Gasteiger partial charge on any atom is -0.481 e. The molecule has 21 heavy (non-hydrogen) atoms. The average molecular weight is 408 g/mol. The predicted molar refractivity (Wildman–Crippen MR) is 82.9 cm³/mol. The first-order valence-electron chi connectivity index (χ1n) is 6.44. The minimum absolute atomic E-state index is 0.151. The van der Waals surface area contributed by atoms with Gasteiger partial charge in [0.25, 0.3) is 5.69 Å². The number of carboxylic acid groups (broad SMARTS) is 1. The van der Waals surface area contributed by atoms with Gasteiger partial charge in [0.15, 0.2) is 0 Å². The SMILES string of the molecule is CC1CC(C(=O)O)CCN1c1cc(F)c(I)cc1[N+](=O)[O-]. The summed E-state index contributed by atoms with van der Waals surface area (Å²) in [6.07, 6.45) is 0.782. The molecule has 2 rings (SSSR count). The molecule has 0 saturated carbocycles. The third-order valence-corrected chi connectivity index (χ3v) is 4.58. The van der Waals surface area contributed by atoms with E-state index in [2.05, 4.69) is 0 Å². The molecule has 8 heteroatoms. The Morgan fingerprint density at radius 3 is 2.76 bits per heavy atom. The maximum Gasteiger partial charge on any atom is 0.306 e. The van der Waals surface area contributed by atoms with Gasteiger partial charge in [-0.05, 0) is 42.4 Å². The number of piperidine rings is 1. The molecule has 1 aliphatic heterocycles. The molecule has 2 atom stereocenters. The summed E-state index contributed by atoms with van der Waals surface area (Å²) in [5.41, 5.74) is 0.0654. The number of rotatable bonds is 3. The first kappa shape index (κ1) is 15.9. The summed E-state index contributed by atoms with van der Waals surface area (Å²) in [7, 11) is 0. The first-order chi connectivity index (χ1) is 9.81. The maximum absolute atomic E-state index is 13.8. The Bertz CT molecular complexity index is 596. The van der Waals surface area contributed by atoms with Gasteiger partial charge in [-0.15, -0.1) is 0 Å². The van der Waals surface area contributed by atoms with E-state index in [4.69, 9.17) is 5.11 Å². The third-order valence-electron chi connectivity index (χ3n) is 3.75. The van der Waals surface area contributed by atoms with Gasteiger partial charge >= 0.3 is 5.97 Å². The number of aliphatic carboxylic acids is 1. The smallest absolute Gasteiger partial charge is 0.306 e. The number of hydrogen-bond acceptors (Lipinski definition) is 4. The number of hydrogen-bond donors (Lipinski definition) is 1. The number of nitro groups is 1. The highest BCUT2D eigenvalue weighted by atomic mass is 127. The first-order valence-corrected chi connectivity index (χ1v) is 7.52. The van der Waals surface area contributed by atoms with Gasteiger partial charge in [0.05, 0.1) is 14.4 Å². The molecule has 114 valence electrons. The van der Waals surface area contributed by atoms with Crippen LogP contribution < -0.4 is 4.90 Å². The van der Waals surface area contributed by atoms with Crippen LogP contribution in [0.2, 0.25) is 0 Å². The molecule has 0 aliphatic carbocycles. The van der Waals surface area contributed by atoms with Crippen molar-refractivity contribution in [1.29, 1.82) is 0 Å². The molecule has 0 spiro atoms. The number of nitro benzene ring substituents is 1. The van der Waals surface area contributed by atoms with Crippen molar-refractivity contribution in [2.75, 3.05) is 11.4 Å². The maximum atomic E-state index is 13.8. The fourth-order valence-electron chi connectivity index (χ4n) is 2.66. The lowest BCUT2D eigenvalue weighted by Crippen LogP contribution is -2.43. The molecular formula is C13H14FIN2O4. The number of carboxylic acids is 1. The van der Waals surface area contributed by atoms with Crippen molar-refractivity contribution in [1.82, 2.24) is 0 Å². The molecule has 0 amide bonds. The molecule has 1 N–H and O–H groups in total. The molecule has 1 heterocycles. The van der Waals surface area contributed by atoms with Gasteiger partial charge in [-0.1, -0.05) is 0 Å². The Morgan fingerprint density at radius 2 is 2.24 bits per heavy atom. The van der Waals surface area contributed by atoms with Crippen LogP contribution in [0.25, 0.3) is 0 Å². The van der Waals surface area contributed by atoms with E-state index in [1.165, 1.54) is 6.07 Å². The lowest BCUT2D eigenvalue weighted by atomic mass is 9.91. The summed E-state index contributed by atoms with van der Waals surface area (Å²) in [4.78, 5) is 23.4. The van der Waals surface area contributed by atoms with Crippen LogP contribution in [0.15, 0.2) is 12.1 Å². The monoisotopic (exact) mass is 408 g/mol. The van der Waals surface area contributed by atoms with Crippen LogP contribution >= 0.6 is 22.6 Å². The molecule has 1 aromatic rings. The average Bonchev–Trinajstić information content (AvgIpc) is 2.41. The minimum atomic E-state index is -0.857. The van der Waals surface area contributed by atoms with E-state index in [1.54, 1.807) is 34.4 Å². The van der Waals surface area contributed by atoms with Gasteiger partial charge in [0, 0.05) is 24.7 Å². The van der Waals surface area contributed by atoms with Crippen molar-refractivity contribution in [2.45, 2.75) is 25.8 Å². The zero-order chi connectivity index (χ0) is 15.7. The van der Waals surface area contributed by atoms with Gasteiger partial charge in [0.2, 0.25) is 0 Å². The molecule has 1 aliphatic rings. The van der Waals surface area contributed by atoms with E-state index in [0.717, 1.165) is 6.07 Å². The number of nitrogens with zero attached hydrogens (tertiary/aromatic N) is 2. The van der Waals surface area contributed by atoms with Crippen molar-refractivity contribution >= 4 is 39.9 Å². The zero-order valence-electron chi connectivity index (χ0n) is 11.3. The summed E-state index contributed by atoms with van der Waals surface area (Å²) in [6.45, 7) is 2.16. The molecule has 2 unspecified atom stereocenters. The molecule has 0 aromatic heterocycles. The van der Waals surface area contributed by atoms with Crippen LogP contribution in [-0.2, 0) is 4.79 Å². The van der Waals surface area contributed by atoms with E-state index in [-0.39, 0.29) is 21.0 Å². The Morgan fingerprint density at radius 1 is 1.57 bits per heavy atom. The second-order valence-corrected chi connectivity index (χ2v) is 6.28. The van der Waals surface area contributed by atoms with Crippen LogP contribution in [0.4, 0.5) is 15.8 Å². The van der Waals surface area contributed by atoms with Gasteiger partial charge < -0.3 is 10.0 Å². The van der Waals surface area contributed by atoms with E-state index >= 15 is 0 Å². The van der Waals surface area contributed by atoms with Gasteiger partial charge in [-0.2, -0.15) is 0 Å². The van der Waals surface area contributed by atoms with Crippen molar-refractivity contribution in [3.8, 4) is 0 Å². The Labute approximate surface area is 134 Å². The standard InChI is InChI=1S/C13H14FIN2O4/c1-7-4-8(13(18)19)2-3-16(7)11-5-9(14)10(15)6-12(11)17(20)21/h5-8H,2-4H2,1H3,(H,18,19). The van der Waals surface area contributed by atoms with Crippen LogP contribution in [-0.4, -0.2) is 28.6 Å². The molecule has 0 bridgehead atoms. The number of halogens is 2. The highest BCUT2D eigenvalue weighted by Gasteiger charge is 2.33. The summed E-state index contributed by atoms with van der Waals surface area (Å²) in [5.74, 6) is -1.82. The number of benzene rings is 1. The Balaban J connectivity index is 2.36. The van der Waals surface area contributed by atoms with E-state index in [1.807, 2.05) is 0 Å². The summed E-state index contributed by atoms with van der Waals surface area (Å²) in [5, 5.41) is 20.2. The lowest BCUT2D eigenvalue weighted by Gasteiger charge is -2.37. The van der Waals surface area contributed by atoms with E-state index in [0.29, 0.717) is 19.4 Å². The largest absolute Gasteiger partial charge is 0.481 e. The van der Waals surface area contributed by atoms with Gasteiger partial charge in [-0.25, -0.2) is 4.39 Å². The quantitative estimate of drug-likeness (QED) is 0.472. The third kappa shape index (κ3) is 3.25. The number of carbonyl (C=O) groups is 1. The molecular weight excluding hydrogens is 394 g/mol. The van der Waals surface area contributed by atoms with Crippen molar-refractivity contribution < 1.29 is 19.2 Å². The zero-order valence-corrected chi connectivity index (χ0v) is 13.4.